The second kappa shape index (κ2) is 8.45. The van der Waals surface area contributed by atoms with E-state index in [9.17, 15) is 5.11 Å². The zero-order chi connectivity index (χ0) is 16.1. The SMILES string of the molecule is O[C@H](CN1CCC(CN2CCOCC2)CC1)c1ccc(Cl)cc1. The number of morpholine rings is 1. The monoisotopic (exact) mass is 338 g/mol. The van der Waals surface area contributed by atoms with Crippen LogP contribution < -0.4 is 0 Å². The number of hydrogen-bond acceptors (Lipinski definition) is 4. The van der Waals surface area contributed by atoms with Crippen LogP contribution in [0.25, 0.3) is 0 Å². The average Bonchev–Trinajstić information content (AvgIpc) is 2.58. The summed E-state index contributed by atoms with van der Waals surface area (Å²) in [5, 5.41) is 11.1. The Morgan fingerprint density at radius 2 is 1.70 bits per heavy atom. The molecule has 0 bridgehead atoms. The summed E-state index contributed by atoms with van der Waals surface area (Å²) in [4.78, 5) is 4.92. The van der Waals surface area contributed by atoms with Gasteiger partial charge in [0.2, 0.25) is 0 Å². The molecule has 5 heteroatoms. The predicted octanol–water partition coefficient (Wildman–Crippen LogP) is 2.42. The van der Waals surface area contributed by atoms with Crippen LogP contribution in [-0.4, -0.2) is 67.4 Å². The standard InChI is InChI=1S/C18H27ClN2O2/c19-17-3-1-16(2-4-17)18(22)14-20-7-5-15(6-8-20)13-21-9-11-23-12-10-21/h1-4,15,18,22H,5-14H2/t18-/m1/s1. The van der Waals surface area contributed by atoms with Gasteiger partial charge in [0.05, 0.1) is 19.3 Å². The van der Waals surface area contributed by atoms with E-state index in [1.165, 1.54) is 19.4 Å². The molecule has 0 aromatic heterocycles. The van der Waals surface area contributed by atoms with Crippen molar-refractivity contribution in [2.75, 3.05) is 52.5 Å². The molecule has 2 aliphatic heterocycles. The van der Waals surface area contributed by atoms with Gasteiger partial charge >= 0.3 is 0 Å². The molecule has 2 aliphatic rings. The Bertz CT molecular complexity index is 468. The Labute approximate surface area is 144 Å². The zero-order valence-corrected chi connectivity index (χ0v) is 14.4. The fourth-order valence-electron chi connectivity index (χ4n) is 3.54. The lowest BCUT2D eigenvalue weighted by Gasteiger charge is -2.36. The molecule has 4 nitrogen and oxygen atoms in total. The number of halogens is 1. The first kappa shape index (κ1) is 17.2. The number of rotatable bonds is 5. The van der Waals surface area contributed by atoms with Crippen LogP contribution >= 0.6 is 11.6 Å². The summed E-state index contributed by atoms with van der Waals surface area (Å²) < 4.78 is 5.41. The number of ether oxygens (including phenoxy) is 1. The summed E-state index contributed by atoms with van der Waals surface area (Å²) in [5.41, 5.74) is 0.949. The molecule has 23 heavy (non-hydrogen) atoms. The van der Waals surface area contributed by atoms with Gasteiger partial charge in [0, 0.05) is 31.2 Å². The molecule has 2 heterocycles. The van der Waals surface area contributed by atoms with Gasteiger partial charge in [-0.1, -0.05) is 23.7 Å². The maximum Gasteiger partial charge on any atom is 0.0916 e. The molecule has 1 N–H and O–H groups in total. The van der Waals surface area contributed by atoms with E-state index in [2.05, 4.69) is 9.80 Å². The van der Waals surface area contributed by atoms with Crippen LogP contribution in [-0.2, 0) is 4.74 Å². The van der Waals surface area contributed by atoms with Gasteiger partial charge in [-0.3, -0.25) is 4.90 Å². The number of piperidine rings is 1. The molecule has 0 amide bonds. The van der Waals surface area contributed by atoms with Crippen LogP contribution in [0.2, 0.25) is 5.02 Å². The molecule has 2 saturated heterocycles. The summed E-state index contributed by atoms with van der Waals surface area (Å²) in [6.45, 7) is 8.01. The number of nitrogens with zero attached hydrogens (tertiary/aromatic N) is 2. The van der Waals surface area contributed by atoms with E-state index in [1.807, 2.05) is 24.3 Å². The summed E-state index contributed by atoms with van der Waals surface area (Å²) in [6.07, 6.45) is 2.03. The number of likely N-dealkylation sites (tertiary alicyclic amines) is 1. The highest BCUT2D eigenvalue weighted by molar-refractivity contribution is 6.30. The van der Waals surface area contributed by atoms with Crippen LogP contribution in [0.15, 0.2) is 24.3 Å². The molecule has 1 aromatic carbocycles. The Balaban J connectivity index is 1.40. The fraction of sp³-hybridized carbons (Fsp3) is 0.667. The van der Waals surface area contributed by atoms with Crippen molar-refractivity contribution in [2.24, 2.45) is 5.92 Å². The minimum absolute atomic E-state index is 0.428. The van der Waals surface area contributed by atoms with Gasteiger partial charge in [0.15, 0.2) is 0 Å². The van der Waals surface area contributed by atoms with Crippen molar-refractivity contribution in [3.8, 4) is 0 Å². The number of aliphatic hydroxyl groups is 1. The third kappa shape index (κ3) is 5.16. The molecule has 2 fully saturated rings. The van der Waals surface area contributed by atoms with Crippen LogP contribution in [0.5, 0.6) is 0 Å². The Morgan fingerprint density at radius 3 is 2.35 bits per heavy atom. The highest BCUT2D eigenvalue weighted by atomic mass is 35.5. The maximum absolute atomic E-state index is 10.4. The zero-order valence-electron chi connectivity index (χ0n) is 13.7. The van der Waals surface area contributed by atoms with Gasteiger partial charge in [-0.25, -0.2) is 0 Å². The van der Waals surface area contributed by atoms with E-state index < -0.39 is 6.10 Å². The van der Waals surface area contributed by atoms with Crippen LogP contribution in [0.1, 0.15) is 24.5 Å². The predicted molar refractivity (Wildman–Crippen MR) is 92.8 cm³/mol. The Kier molecular flexibility index (Phi) is 6.31. The van der Waals surface area contributed by atoms with E-state index in [-0.39, 0.29) is 0 Å². The molecule has 0 radical (unpaired) electrons. The first-order valence-electron chi connectivity index (χ1n) is 8.66. The lowest BCUT2D eigenvalue weighted by atomic mass is 9.95. The van der Waals surface area contributed by atoms with Gasteiger partial charge < -0.3 is 14.7 Å². The van der Waals surface area contributed by atoms with Gasteiger partial charge in [-0.05, 0) is 49.5 Å². The number of hydrogen-bond donors (Lipinski definition) is 1. The maximum atomic E-state index is 10.4. The Morgan fingerprint density at radius 1 is 1.04 bits per heavy atom. The number of β-amino-alcohol motifs (C(OH)–C–C–N with tert-alkyl or cyclic N) is 1. The van der Waals surface area contributed by atoms with Crippen molar-refractivity contribution < 1.29 is 9.84 Å². The molecule has 0 spiro atoms. The van der Waals surface area contributed by atoms with E-state index >= 15 is 0 Å². The first-order chi connectivity index (χ1) is 11.2. The molecule has 0 saturated carbocycles. The summed E-state index contributed by atoms with van der Waals surface area (Å²) in [6, 6.07) is 7.51. The van der Waals surface area contributed by atoms with Crippen molar-refractivity contribution in [1.29, 1.82) is 0 Å². The van der Waals surface area contributed by atoms with E-state index in [0.717, 1.165) is 50.9 Å². The minimum Gasteiger partial charge on any atom is -0.387 e. The van der Waals surface area contributed by atoms with Crippen molar-refractivity contribution in [3.63, 3.8) is 0 Å². The van der Waals surface area contributed by atoms with Gasteiger partial charge in [0.25, 0.3) is 0 Å². The highest BCUT2D eigenvalue weighted by Gasteiger charge is 2.23. The Hall–Kier alpha value is -0.650. The number of aliphatic hydroxyl groups excluding tert-OH is 1. The summed E-state index contributed by atoms with van der Waals surface area (Å²) >= 11 is 5.90. The highest BCUT2D eigenvalue weighted by Crippen LogP contribution is 2.22. The van der Waals surface area contributed by atoms with Gasteiger partial charge in [0.1, 0.15) is 0 Å². The van der Waals surface area contributed by atoms with E-state index in [4.69, 9.17) is 16.3 Å². The third-order valence-corrected chi connectivity index (χ3v) is 5.27. The molecular weight excluding hydrogens is 312 g/mol. The van der Waals surface area contributed by atoms with E-state index in [0.29, 0.717) is 11.6 Å². The largest absolute Gasteiger partial charge is 0.387 e. The summed E-state index contributed by atoms with van der Waals surface area (Å²) in [5.74, 6) is 0.789. The minimum atomic E-state index is -0.428. The molecular formula is C18H27ClN2O2. The molecule has 0 unspecified atom stereocenters. The lowest BCUT2D eigenvalue weighted by Crippen LogP contribution is -2.43. The molecule has 128 valence electrons. The van der Waals surface area contributed by atoms with E-state index in [1.54, 1.807) is 0 Å². The van der Waals surface area contributed by atoms with Crippen LogP contribution in [0.3, 0.4) is 0 Å². The molecule has 3 rings (SSSR count). The average molecular weight is 339 g/mol. The second-order valence-corrected chi connectivity index (χ2v) is 7.16. The molecule has 1 aromatic rings. The van der Waals surface area contributed by atoms with Crippen molar-refractivity contribution >= 4 is 11.6 Å². The smallest absolute Gasteiger partial charge is 0.0916 e. The molecule has 0 aliphatic carbocycles. The van der Waals surface area contributed by atoms with Crippen molar-refractivity contribution in [1.82, 2.24) is 9.80 Å². The normalized spacial score (nSPS) is 23.0. The van der Waals surface area contributed by atoms with Crippen molar-refractivity contribution in [3.05, 3.63) is 34.9 Å². The van der Waals surface area contributed by atoms with Gasteiger partial charge in [-0.15, -0.1) is 0 Å². The topological polar surface area (TPSA) is 35.9 Å². The fourth-order valence-corrected chi connectivity index (χ4v) is 3.66. The van der Waals surface area contributed by atoms with Crippen molar-refractivity contribution in [2.45, 2.75) is 18.9 Å². The lowest BCUT2D eigenvalue weighted by molar-refractivity contribution is 0.0217. The van der Waals surface area contributed by atoms with Gasteiger partial charge in [-0.2, -0.15) is 0 Å². The number of benzene rings is 1. The third-order valence-electron chi connectivity index (χ3n) is 5.01. The first-order valence-corrected chi connectivity index (χ1v) is 9.04. The molecule has 1 atom stereocenters. The van der Waals surface area contributed by atoms with Crippen LogP contribution in [0.4, 0.5) is 0 Å². The van der Waals surface area contributed by atoms with Crippen LogP contribution in [0, 0.1) is 5.92 Å². The quantitative estimate of drug-likeness (QED) is 0.894. The summed E-state index contributed by atoms with van der Waals surface area (Å²) in [7, 11) is 0. The second-order valence-electron chi connectivity index (χ2n) is 6.72.